The molecule has 2 aliphatic rings. The molecule has 27 heavy (non-hydrogen) atoms. The summed E-state index contributed by atoms with van der Waals surface area (Å²) in [6.45, 7) is 4.75. The van der Waals surface area contributed by atoms with Gasteiger partial charge in [0.05, 0.1) is 0 Å². The Labute approximate surface area is 157 Å². The molecule has 1 amide bonds. The molecule has 0 bridgehead atoms. The van der Waals surface area contributed by atoms with Gasteiger partial charge in [-0.2, -0.15) is 0 Å². The van der Waals surface area contributed by atoms with Gasteiger partial charge in [-0.3, -0.25) is 9.69 Å². The number of hydrogen-bond acceptors (Lipinski definition) is 7. The lowest BCUT2D eigenvalue weighted by Crippen LogP contribution is -2.53. The molecule has 0 unspecified atom stereocenters. The lowest BCUT2D eigenvalue weighted by atomic mass is 10.1. The Morgan fingerprint density at radius 2 is 2.15 bits per heavy atom. The first-order chi connectivity index (χ1) is 13.1. The summed E-state index contributed by atoms with van der Waals surface area (Å²) in [6, 6.07) is 5.72. The number of ether oxygens (including phenoxy) is 3. The van der Waals surface area contributed by atoms with Gasteiger partial charge in [0.15, 0.2) is 23.8 Å². The van der Waals surface area contributed by atoms with E-state index in [0.29, 0.717) is 48.0 Å². The number of likely N-dealkylation sites (N-methyl/N-ethyl adjacent to an activating group) is 1. The summed E-state index contributed by atoms with van der Waals surface area (Å²) in [5.74, 6) is 2.23. The Bertz CT molecular complexity index is 821. The number of hydrogen-bond donors (Lipinski definition) is 0. The standard InChI is InChI=1S/C19H23N3O5/c1-3-13-9-22(7-6-21(13)2)19(23)15-10-25-18(20-15)11-24-14-4-5-16-17(8-14)27-12-26-16/h4-5,8,10,13H,3,6-7,9,11-12H2,1-2H3/t13-/m1/s1. The first-order valence-electron chi connectivity index (χ1n) is 9.10. The second-order valence-electron chi connectivity index (χ2n) is 6.72. The molecule has 1 aromatic heterocycles. The zero-order chi connectivity index (χ0) is 18.8. The zero-order valence-corrected chi connectivity index (χ0v) is 15.5. The van der Waals surface area contributed by atoms with E-state index in [4.69, 9.17) is 18.6 Å². The van der Waals surface area contributed by atoms with E-state index < -0.39 is 0 Å². The van der Waals surface area contributed by atoms with Crippen LogP contribution in [0.1, 0.15) is 29.7 Å². The van der Waals surface area contributed by atoms with Crippen LogP contribution in [0.4, 0.5) is 0 Å². The van der Waals surface area contributed by atoms with Crippen LogP contribution >= 0.6 is 0 Å². The van der Waals surface area contributed by atoms with Gasteiger partial charge in [0.2, 0.25) is 12.7 Å². The highest BCUT2D eigenvalue weighted by molar-refractivity contribution is 5.92. The van der Waals surface area contributed by atoms with Crippen molar-refractivity contribution in [3.05, 3.63) is 36.0 Å². The Balaban J connectivity index is 1.36. The lowest BCUT2D eigenvalue weighted by molar-refractivity contribution is 0.0536. The molecule has 0 aliphatic carbocycles. The van der Waals surface area contributed by atoms with Gasteiger partial charge in [-0.1, -0.05) is 6.92 Å². The van der Waals surface area contributed by atoms with Crippen molar-refractivity contribution in [3.63, 3.8) is 0 Å². The summed E-state index contributed by atoms with van der Waals surface area (Å²) in [5, 5.41) is 0. The van der Waals surface area contributed by atoms with Crippen molar-refractivity contribution < 1.29 is 23.4 Å². The second kappa shape index (κ2) is 7.48. The van der Waals surface area contributed by atoms with Crippen molar-refractivity contribution in [1.82, 2.24) is 14.8 Å². The average Bonchev–Trinajstić information content (AvgIpc) is 3.35. The Hall–Kier alpha value is -2.74. The molecule has 0 spiro atoms. The molecule has 0 N–H and O–H groups in total. The number of carbonyl (C=O) groups excluding carboxylic acids is 1. The second-order valence-corrected chi connectivity index (χ2v) is 6.72. The van der Waals surface area contributed by atoms with Crippen LogP contribution in [0.2, 0.25) is 0 Å². The number of aromatic nitrogens is 1. The van der Waals surface area contributed by atoms with Crippen molar-refractivity contribution in [1.29, 1.82) is 0 Å². The number of nitrogens with zero attached hydrogens (tertiary/aromatic N) is 3. The number of fused-ring (bicyclic) bond motifs is 1. The maximum absolute atomic E-state index is 12.7. The summed E-state index contributed by atoms with van der Waals surface area (Å²) in [5.41, 5.74) is 0.318. The zero-order valence-electron chi connectivity index (χ0n) is 15.5. The van der Waals surface area contributed by atoms with E-state index in [2.05, 4.69) is 23.9 Å². The van der Waals surface area contributed by atoms with Crippen LogP contribution in [-0.2, 0) is 6.61 Å². The Morgan fingerprint density at radius 1 is 1.30 bits per heavy atom. The number of benzene rings is 1. The average molecular weight is 373 g/mol. The molecular formula is C19H23N3O5. The molecule has 1 aromatic carbocycles. The van der Waals surface area contributed by atoms with E-state index in [1.165, 1.54) is 6.26 Å². The highest BCUT2D eigenvalue weighted by Crippen LogP contribution is 2.35. The van der Waals surface area contributed by atoms with Gasteiger partial charge in [-0.25, -0.2) is 4.98 Å². The molecule has 1 atom stereocenters. The summed E-state index contributed by atoms with van der Waals surface area (Å²) in [6.07, 6.45) is 2.41. The maximum Gasteiger partial charge on any atom is 0.275 e. The smallest absolute Gasteiger partial charge is 0.275 e. The summed E-state index contributed by atoms with van der Waals surface area (Å²) in [4.78, 5) is 21.1. The van der Waals surface area contributed by atoms with Crippen LogP contribution in [0.3, 0.4) is 0 Å². The van der Waals surface area contributed by atoms with Crippen LogP contribution in [0.15, 0.2) is 28.9 Å². The van der Waals surface area contributed by atoms with E-state index in [1.807, 2.05) is 4.90 Å². The van der Waals surface area contributed by atoms with Gasteiger partial charge in [-0.15, -0.1) is 0 Å². The molecule has 8 heteroatoms. The molecule has 1 fully saturated rings. The van der Waals surface area contributed by atoms with Gasteiger partial charge in [0.1, 0.15) is 12.0 Å². The fraction of sp³-hybridized carbons (Fsp3) is 0.474. The fourth-order valence-electron chi connectivity index (χ4n) is 3.32. The third-order valence-electron chi connectivity index (χ3n) is 5.01. The minimum atomic E-state index is -0.0976. The van der Waals surface area contributed by atoms with Crippen molar-refractivity contribution in [2.45, 2.75) is 26.0 Å². The number of carbonyl (C=O) groups is 1. The van der Waals surface area contributed by atoms with Gasteiger partial charge >= 0.3 is 0 Å². The molecular weight excluding hydrogens is 350 g/mol. The van der Waals surface area contributed by atoms with Gasteiger partial charge < -0.3 is 23.5 Å². The lowest BCUT2D eigenvalue weighted by Gasteiger charge is -2.38. The van der Waals surface area contributed by atoms with Gasteiger partial charge in [0, 0.05) is 31.7 Å². The minimum absolute atomic E-state index is 0.0976. The van der Waals surface area contributed by atoms with Gasteiger partial charge in [-0.05, 0) is 25.6 Å². The number of oxazole rings is 1. The van der Waals surface area contributed by atoms with E-state index in [0.717, 1.165) is 13.0 Å². The van der Waals surface area contributed by atoms with E-state index in [-0.39, 0.29) is 19.3 Å². The topological polar surface area (TPSA) is 77.3 Å². The van der Waals surface area contributed by atoms with Crippen molar-refractivity contribution in [3.8, 4) is 17.2 Å². The summed E-state index contributed by atoms with van der Waals surface area (Å²) in [7, 11) is 2.09. The van der Waals surface area contributed by atoms with Crippen LogP contribution in [0.5, 0.6) is 17.2 Å². The molecule has 0 saturated carbocycles. The van der Waals surface area contributed by atoms with E-state index >= 15 is 0 Å². The largest absolute Gasteiger partial charge is 0.484 e. The van der Waals surface area contributed by atoms with Crippen LogP contribution < -0.4 is 14.2 Å². The molecule has 3 heterocycles. The molecule has 2 aliphatic heterocycles. The van der Waals surface area contributed by atoms with E-state index in [9.17, 15) is 4.79 Å². The third kappa shape index (κ3) is 3.71. The monoisotopic (exact) mass is 373 g/mol. The first kappa shape index (κ1) is 17.7. The first-order valence-corrected chi connectivity index (χ1v) is 9.10. The highest BCUT2D eigenvalue weighted by atomic mass is 16.7. The van der Waals surface area contributed by atoms with Crippen molar-refractivity contribution in [2.75, 3.05) is 33.5 Å². The van der Waals surface area contributed by atoms with Crippen molar-refractivity contribution in [2.24, 2.45) is 0 Å². The molecule has 2 aromatic rings. The SMILES string of the molecule is CC[C@@H]1CN(C(=O)c2coc(COc3ccc4c(c3)OCO4)n2)CCN1C. The predicted molar refractivity (Wildman–Crippen MR) is 96.0 cm³/mol. The third-order valence-corrected chi connectivity index (χ3v) is 5.01. The van der Waals surface area contributed by atoms with Crippen LogP contribution in [0, 0.1) is 0 Å². The molecule has 0 radical (unpaired) electrons. The van der Waals surface area contributed by atoms with E-state index in [1.54, 1.807) is 18.2 Å². The summed E-state index contributed by atoms with van der Waals surface area (Å²) < 4.78 is 21.7. The van der Waals surface area contributed by atoms with Crippen LogP contribution in [-0.4, -0.2) is 60.2 Å². The van der Waals surface area contributed by atoms with Gasteiger partial charge in [0.25, 0.3) is 5.91 Å². The maximum atomic E-state index is 12.7. The fourth-order valence-corrected chi connectivity index (χ4v) is 3.32. The molecule has 1 saturated heterocycles. The Kier molecular flexibility index (Phi) is 4.89. The molecule has 4 rings (SSSR count). The number of amides is 1. The number of piperazine rings is 1. The number of rotatable bonds is 5. The molecule has 144 valence electrons. The Morgan fingerprint density at radius 3 is 3.00 bits per heavy atom. The minimum Gasteiger partial charge on any atom is -0.484 e. The quantitative estimate of drug-likeness (QED) is 0.795. The molecule has 8 nitrogen and oxygen atoms in total. The summed E-state index contributed by atoms with van der Waals surface area (Å²) >= 11 is 0. The normalized spacial score (nSPS) is 19.3. The van der Waals surface area contributed by atoms with Crippen molar-refractivity contribution >= 4 is 5.91 Å². The highest BCUT2D eigenvalue weighted by Gasteiger charge is 2.28. The van der Waals surface area contributed by atoms with Crippen LogP contribution in [0.25, 0.3) is 0 Å². The predicted octanol–water partition coefficient (Wildman–Crippen LogP) is 2.15.